The highest BCUT2D eigenvalue weighted by Gasteiger charge is 2.39. The van der Waals surface area contributed by atoms with Crippen molar-refractivity contribution in [1.29, 1.82) is 0 Å². The topological polar surface area (TPSA) is 38.3 Å². The highest BCUT2D eigenvalue weighted by Crippen LogP contribution is 2.39. The van der Waals surface area contributed by atoms with Gasteiger partial charge in [-0.1, -0.05) is 25.0 Å². The quantitative estimate of drug-likeness (QED) is 0.837. The Morgan fingerprint density at radius 3 is 2.65 bits per heavy atom. The van der Waals surface area contributed by atoms with Crippen LogP contribution in [0.5, 0.6) is 5.75 Å². The summed E-state index contributed by atoms with van der Waals surface area (Å²) in [5.74, 6) is 0.969. The number of ether oxygens (including phenoxy) is 1. The van der Waals surface area contributed by atoms with Crippen molar-refractivity contribution < 1.29 is 9.53 Å². The molecule has 20 heavy (non-hydrogen) atoms. The van der Waals surface area contributed by atoms with E-state index in [-0.39, 0.29) is 11.2 Å². The molecule has 0 bridgehead atoms. The fraction of sp³-hybridized carbons (Fsp3) is 0.588. The second-order valence-corrected chi connectivity index (χ2v) is 5.81. The first-order chi connectivity index (χ1) is 9.63. The summed E-state index contributed by atoms with van der Waals surface area (Å²) >= 11 is 0. The van der Waals surface area contributed by atoms with E-state index in [1.54, 1.807) is 7.11 Å². The molecule has 1 aliphatic heterocycles. The summed E-state index contributed by atoms with van der Waals surface area (Å²) < 4.78 is 5.40. The van der Waals surface area contributed by atoms with Crippen molar-refractivity contribution in [3.05, 3.63) is 29.3 Å². The average molecular weight is 275 g/mol. The summed E-state index contributed by atoms with van der Waals surface area (Å²) in [4.78, 5) is 13.1. The lowest BCUT2D eigenvalue weighted by molar-refractivity contribution is 0.0701. The minimum absolute atomic E-state index is 0.207. The number of methoxy groups -OCH3 is 1. The van der Waals surface area contributed by atoms with Crippen LogP contribution in [0.25, 0.3) is 0 Å². The molecule has 0 atom stereocenters. The average Bonchev–Trinajstić information content (AvgIpc) is 2.47. The summed E-state index contributed by atoms with van der Waals surface area (Å²) in [6.45, 7) is 6.04. The number of carbonyl (C=O) groups excluding carboxylic acids is 1. The van der Waals surface area contributed by atoms with E-state index in [0.717, 1.165) is 49.9 Å². The van der Waals surface area contributed by atoms with Crippen LogP contribution < -0.4 is 10.1 Å². The van der Waals surface area contributed by atoms with E-state index in [2.05, 4.69) is 12.2 Å². The van der Waals surface area contributed by atoms with Crippen LogP contribution in [0.15, 0.2) is 18.2 Å². The minimum Gasteiger partial charge on any atom is -0.496 e. The number of hydrogen-bond acceptors (Lipinski definition) is 3. The maximum absolute atomic E-state index is 13.1. The molecule has 1 fully saturated rings. The third-order valence-electron chi connectivity index (χ3n) is 4.37. The molecule has 1 N–H and O–H groups in total. The molecule has 3 nitrogen and oxygen atoms in total. The van der Waals surface area contributed by atoms with Crippen LogP contribution in [0.2, 0.25) is 0 Å². The van der Waals surface area contributed by atoms with E-state index in [4.69, 9.17) is 4.74 Å². The monoisotopic (exact) mass is 275 g/mol. The Morgan fingerprint density at radius 2 is 2.05 bits per heavy atom. The van der Waals surface area contributed by atoms with Gasteiger partial charge in [-0.15, -0.1) is 0 Å². The van der Waals surface area contributed by atoms with Gasteiger partial charge in [0.05, 0.1) is 12.7 Å². The first-order valence-corrected chi connectivity index (χ1v) is 7.53. The van der Waals surface area contributed by atoms with E-state index in [1.165, 1.54) is 0 Å². The molecule has 0 unspecified atom stereocenters. The smallest absolute Gasteiger partial charge is 0.172 e. The third kappa shape index (κ3) is 2.88. The fourth-order valence-corrected chi connectivity index (χ4v) is 3.26. The zero-order valence-corrected chi connectivity index (χ0v) is 12.8. The number of benzene rings is 1. The summed E-state index contributed by atoms with van der Waals surface area (Å²) in [7, 11) is 1.64. The Kier molecular flexibility index (Phi) is 4.81. The molecule has 0 amide bonds. The van der Waals surface area contributed by atoms with Crippen LogP contribution in [0, 0.1) is 12.3 Å². The number of piperidine rings is 1. The Bertz CT molecular complexity index is 470. The van der Waals surface area contributed by atoms with Crippen LogP contribution in [0.3, 0.4) is 0 Å². The van der Waals surface area contributed by atoms with E-state index in [1.807, 2.05) is 25.1 Å². The number of ketones is 1. The van der Waals surface area contributed by atoms with Crippen LogP contribution in [0.1, 0.15) is 48.5 Å². The maximum atomic E-state index is 13.1. The molecule has 1 heterocycles. The molecule has 1 aromatic carbocycles. The van der Waals surface area contributed by atoms with Crippen molar-refractivity contribution in [2.45, 2.75) is 39.5 Å². The molecule has 1 saturated heterocycles. The molecule has 1 aromatic rings. The van der Waals surface area contributed by atoms with Crippen LogP contribution in [-0.2, 0) is 0 Å². The van der Waals surface area contributed by atoms with E-state index in [0.29, 0.717) is 5.75 Å². The molecule has 0 saturated carbocycles. The number of Topliss-reactive ketones (excluding diaryl/α,β-unsaturated/α-hetero) is 1. The van der Waals surface area contributed by atoms with Gasteiger partial charge in [-0.3, -0.25) is 4.79 Å². The highest BCUT2D eigenvalue weighted by atomic mass is 16.5. The van der Waals surface area contributed by atoms with Gasteiger partial charge in [-0.05, 0) is 51.4 Å². The molecule has 0 aromatic heterocycles. The zero-order valence-electron chi connectivity index (χ0n) is 12.8. The summed E-state index contributed by atoms with van der Waals surface area (Å²) in [5.41, 5.74) is 1.65. The minimum atomic E-state index is -0.207. The standard InChI is InChI=1S/C17H25NO2/c1-4-7-17(8-10-18-11-9-17)16(19)14-12-13(2)5-6-15(14)20-3/h5-6,12,18H,4,7-11H2,1-3H3. The Labute approximate surface area is 121 Å². The van der Waals surface area contributed by atoms with Gasteiger partial charge in [0, 0.05) is 5.41 Å². The van der Waals surface area contributed by atoms with Crippen molar-refractivity contribution in [2.75, 3.05) is 20.2 Å². The number of aryl methyl sites for hydroxylation is 1. The van der Waals surface area contributed by atoms with E-state index in [9.17, 15) is 4.79 Å². The van der Waals surface area contributed by atoms with Gasteiger partial charge in [0.25, 0.3) is 0 Å². The van der Waals surface area contributed by atoms with Crippen LogP contribution >= 0.6 is 0 Å². The molecular formula is C17H25NO2. The number of nitrogens with one attached hydrogen (secondary N) is 1. The highest BCUT2D eigenvalue weighted by molar-refractivity contribution is 6.03. The lowest BCUT2D eigenvalue weighted by Gasteiger charge is -2.36. The van der Waals surface area contributed by atoms with Gasteiger partial charge in [0.15, 0.2) is 5.78 Å². The second-order valence-electron chi connectivity index (χ2n) is 5.81. The van der Waals surface area contributed by atoms with Gasteiger partial charge in [0.2, 0.25) is 0 Å². The first-order valence-electron chi connectivity index (χ1n) is 7.53. The van der Waals surface area contributed by atoms with Crippen molar-refractivity contribution in [3.63, 3.8) is 0 Å². The molecular weight excluding hydrogens is 250 g/mol. The maximum Gasteiger partial charge on any atom is 0.172 e. The van der Waals surface area contributed by atoms with Gasteiger partial charge >= 0.3 is 0 Å². The van der Waals surface area contributed by atoms with Gasteiger partial charge in [0.1, 0.15) is 5.75 Å². The van der Waals surface area contributed by atoms with E-state index < -0.39 is 0 Å². The molecule has 2 rings (SSSR count). The number of carbonyl (C=O) groups is 1. The molecule has 0 aliphatic carbocycles. The van der Waals surface area contributed by atoms with E-state index >= 15 is 0 Å². The molecule has 3 heteroatoms. The largest absolute Gasteiger partial charge is 0.496 e. The van der Waals surface area contributed by atoms with Gasteiger partial charge in [-0.25, -0.2) is 0 Å². The van der Waals surface area contributed by atoms with Gasteiger partial charge in [-0.2, -0.15) is 0 Å². The number of hydrogen-bond donors (Lipinski definition) is 1. The van der Waals surface area contributed by atoms with Crippen molar-refractivity contribution in [3.8, 4) is 5.75 Å². The van der Waals surface area contributed by atoms with Crippen molar-refractivity contribution in [2.24, 2.45) is 5.41 Å². The van der Waals surface area contributed by atoms with Crippen molar-refractivity contribution in [1.82, 2.24) is 5.32 Å². The molecule has 0 spiro atoms. The Balaban J connectivity index is 2.39. The van der Waals surface area contributed by atoms with Crippen LogP contribution in [0.4, 0.5) is 0 Å². The van der Waals surface area contributed by atoms with Gasteiger partial charge < -0.3 is 10.1 Å². The summed E-state index contributed by atoms with van der Waals surface area (Å²) in [6.07, 6.45) is 3.86. The fourth-order valence-electron chi connectivity index (χ4n) is 3.26. The van der Waals surface area contributed by atoms with Crippen molar-refractivity contribution >= 4 is 5.78 Å². The van der Waals surface area contributed by atoms with Crippen LogP contribution in [-0.4, -0.2) is 26.0 Å². The SMILES string of the molecule is CCCC1(C(=O)c2cc(C)ccc2OC)CCNCC1. The molecule has 110 valence electrons. The molecule has 1 aliphatic rings. The Hall–Kier alpha value is -1.35. The normalized spacial score (nSPS) is 17.8. The summed E-state index contributed by atoms with van der Waals surface area (Å²) in [5, 5.41) is 3.36. The first kappa shape index (κ1) is 15.0. The molecule has 0 radical (unpaired) electrons. The number of rotatable bonds is 5. The summed E-state index contributed by atoms with van der Waals surface area (Å²) in [6, 6.07) is 5.87. The predicted molar refractivity (Wildman–Crippen MR) is 81.5 cm³/mol. The lowest BCUT2D eigenvalue weighted by Crippen LogP contribution is -2.42. The predicted octanol–water partition coefficient (Wildman–Crippen LogP) is 3.36. The third-order valence-corrected chi connectivity index (χ3v) is 4.37. The second kappa shape index (κ2) is 6.40. The zero-order chi connectivity index (χ0) is 14.6. The lowest BCUT2D eigenvalue weighted by atomic mass is 9.70. The Morgan fingerprint density at radius 1 is 1.35 bits per heavy atom.